The fourth-order valence-electron chi connectivity index (χ4n) is 13.9. The molecular formula is C89H174O17P2. The lowest BCUT2D eigenvalue weighted by Crippen LogP contribution is -2.30. The van der Waals surface area contributed by atoms with Crippen molar-refractivity contribution in [3.63, 3.8) is 0 Å². The molecule has 0 aromatic carbocycles. The summed E-state index contributed by atoms with van der Waals surface area (Å²) < 4.78 is 69.0. The van der Waals surface area contributed by atoms with Gasteiger partial charge in [0.15, 0.2) is 12.2 Å². The van der Waals surface area contributed by atoms with E-state index in [4.69, 9.17) is 37.0 Å². The zero-order valence-corrected chi connectivity index (χ0v) is 73.0. The summed E-state index contributed by atoms with van der Waals surface area (Å²) in [7, 11) is -9.93. The third-order valence-corrected chi connectivity index (χ3v) is 23.2. The molecule has 3 unspecified atom stereocenters. The van der Waals surface area contributed by atoms with Gasteiger partial charge in [0.2, 0.25) is 0 Å². The van der Waals surface area contributed by atoms with Gasteiger partial charge in [0, 0.05) is 25.7 Å². The molecule has 0 fully saturated rings. The van der Waals surface area contributed by atoms with Gasteiger partial charge in [-0.1, -0.05) is 427 Å². The van der Waals surface area contributed by atoms with Crippen molar-refractivity contribution in [2.24, 2.45) is 11.8 Å². The predicted molar refractivity (Wildman–Crippen MR) is 446 cm³/mol. The lowest BCUT2D eigenvalue weighted by molar-refractivity contribution is -0.161. The Morgan fingerprint density at radius 1 is 0.269 bits per heavy atom. The maximum Gasteiger partial charge on any atom is 0.472 e. The van der Waals surface area contributed by atoms with Crippen LogP contribution in [0.25, 0.3) is 0 Å². The minimum atomic E-state index is -4.97. The third-order valence-electron chi connectivity index (χ3n) is 21.3. The van der Waals surface area contributed by atoms with E-state index in [1.54, 1.807) is 0 Å². The van der Waals surface area contributed by atoms with E-state index in [9.17, 15) is 43.2 Å². The van der Waals surface area contributed by atoms with Crippen molar-refractivity contribution < 1.29 is 80.2 Å². The highest BCUT2D eigenvalue weighted by molar-refractivity contribution is 7.47. The second-order valence-electron chi connectivity index (χ2n) is 32.7. The van der Waals surface area contributed by atoms with Gasteiger partial charge in [-0.05, 0) is 37.5 Å². The lowest BCUT2D eigenvalue weighted by Gasteiger charge is -2.21. The highest BCUT2D eigenvalue weighted by atomic mass is 31.2. The van der Waals surface area contributed by atoms with Crippen LogP contribution >= 0.6 is 15.6 Å². The number of rotatable bonds is 88. The van der Waals surface area contributed by atoms with Crippen LogP contribution < -0.4 is 0 Å². The van der Waals surface area contributed by atoms with Crippen molar-refractivity contribution in [1.29, 1.82) is 0 Å². The minimum absolute atomic E-state index is 0.109. The highest BCUT2D eigenvalue weighted by Crippen LogP contribution is 2.45. The fraction of sp³-hybridized carbons (Fsp3) is 0.955. The lowest BCUT2D eigenvalue weighted by atomic mass is 9.99. The fourth-order valence-corrected chi connectivity index (χ4v) is 15.5. The van der Waals surface area contributed by atoms with Crippen LogP contribution in [0.15, 0.2) is 0 Å². The second-order valence-corrected chi connectivity index (χ2v) is 35.6. The number of aliphatic hydroxyl groups excluding tert-OH is 1. The Morgan fingerprint density at radius 2 is 0.472 bits per heavy atom. The summed E-state index contributed by atoms with van der Waals surface area (Å²) >= 11 is 0. The van der Waals surface area contributed by atoms with Crippen molar-refractivity contribution in [1.82, 2.24) is 0 Å². The number of hydrogen-bond donors (Lipinski definition) is 3. The molecule has 0 amide bonds. The summed E-state index contributed by atoms with van der Waals surface area (Å²) in [5.74, 6) is -0.425. The minimum Gasteiger partial charge on any atom is -0.462 e. The molecule has 0 saturated carbocycles. The van der Waals surface area contributed by atoms with Gasteiger partial charge in [-0.3, -0.25) is 37.3 Å². The molecule has 0 bridgehead atoms. The first-order chi connectivity index (χ1) is 52.4. The molecule has 0 aromatic rings. The van der Waals surface area contributed by atoms with Gasteiger partial charge in [-0.2, -0.15) is 0 Å². The normalized spacial score (nSPS) is 14.0. The maximum atomic E-state index is 13.2. The van der Waals surface area contributed by atoms with Gasteiger partial charge in [0.25, 0.3) is 0 Å². The quantitative estimate of drug-likeness (QED) is 0.0222. The molecule has 0 aliphatic carbocycles. The van der Waals surface area contributed by atoms with Gasteiger partial charge in [0.1, 0.15) is 19.3 Å². The molecule has 0 heterocycles. The molecule has 6 atom stereocenters. The number of aliphatic hydroxyl groups is 1. The molecule has 0 rings (SSSR count). The number of esters is 4. The van der Waals surface area contributed by atoms with E-state index in [1.807, 2.05) is 0 Å². The number of phosphoric acid groups is 2. The molecule has 0 radical (unpaired) electrons. The van der Waals surface area contributed by atoms with Gasteiger partial charge >= 0.3 is 39.5 Å². The Balaban J connectivity index is 5.25. The second kappa shape index (κ2) is 80.3. The molecule has 108 heavy (non-hydrogen) atoms. The summed E-state index contributed by atoms with van der Waals surface area (Å²) in [5.41, 5.74) is 0. The third kappa shape index (κ3) is 80.7. The summed E-state index contributed by atoms with van der Waals surface area (Å²) in [4.78, 5) is 73.4. The van der Waals surface area contributed by atoms with Crippen LogP contribution in [-0.4, -0.2) is 96.7 Å². The van der Waals surface area contributed by atoms with Gasteiger partial charge in [-0.15, -0.1) is 0 Å². The van der Waals surface area contributed by atoms with Gasteiger partial charge < -0.3 is 33.8 Å². The van der Waals surface area contributed by atoms with E-state index in [-0.39, 0.29) is 25.7 Å². The Bertz CT molecular complexity index is 2070. The van der Waals surface area contributed by atoms with Crippen molar-refractivity contribution >= 4 is 39.5 Å². The zero-order chi connectivity index (χ0) is 79.2. The average Bonchev–Trinajstić information content (AvgIpc) is 0.900. The molecule has 3 N–H and O–H groups in total. The standard InChI is InChI=1S/C89H174O17P2/c1-7-10-12-14-16-18-20-22-23-26-30-37-43-49-55-61-67-73-88(93)105-84(77-99-86(91)71-65-59-53-47-41-21-19-17-15-13-11-8-2)79-103-107(95,96)101-75-83(90)76-102-108(97,98)104-80-85(78-100-87(92)72-66-60-54-48-42-36-33-32-35-40-46-52-58-64-70-82(6)9-3)106-89(94)74-68-62-56-50-44-38-31-28-25-24-27-29-34-39-45-51-57-63-69-81(4)5/h81-85,90H,7-80H2,1-6H3,(H,95,96)(H,97,98)/t82?,83-,84+,85+/m0/s1. The number of hydrogen-bond acceptors (Lipinski definition) is 15. The molecule has 0 aliphatic rings. The molecule has 0 aromatic heterocycles. The van der Waals surface area contributed by atoms with E-state index in [1.165, 1.54) is 295 Å². The zero-order valence-electron chi connectivity index (χ0n) is 71.2. The van der Waals surface area contributed by atoms with Crippen molar-refractivity contribution in [3.8, 4) is 0 Å². The first kappa shape index (κ1) is 106. The Labute approximate surface area is 664 Å². The summed E-state index contributed by atoms with van der Waals surface area (Å²) in [6.07, 6.45) is 73.4. The molecule has 0 saturated heterocycles. The van der Waals surface area contributed by atoms with Gasteiger partial charge in [0.05, 0.1) is 26.4 Å². The van der Waals surface area contributed by atoms with Crippen molar-refractivity contribution in [2.45, 2.75) is 496 Å². The topological polar surface area (TPSA) is 237 Å². The predicted octanol–water partition coefficient (Wildman–Crippen LogP) is 27.4. The van der Waals surface area contributed by atoms with Crippen LogP contribution in [0.4, 0.5) is 0 Å². The monoisotopic (exact) mass is 1580 g/mol. The number of carbonyl (C=O) groups is 4. The SMILES string of the molecule is CCCCCCCCCCCCCCCCCCCC(=O)O[C@H](COC(=O)CCCCCCCCCCCCCC)COP(=O)(O)OC[C@H](O)COP(=O)(O)OC[C@@H](COC(=O)CCCCCCCCCCCCCCCCC(C)CC)OC(=O)CCCCCCCCCCCCCCCCCCCCC(C)C. The Morgan fingerprint density at radius 3 is 0.704 bits per heavy atom. The van der Waals surface area contributed by atoms with Crippen LogP contribution in [0.5, 0.6) is 0 Å². The van der Waals surface area contributed by atoms with Crippen LogP contribution in [0.3, 0.4) is 0 Å². The Kier molecular flexibility index (Phi) is 78.8. The number of ether oxygens (including phenoxy) is 4. The average molecular weight is 1580 g/mol. The van der Waals surface area contributed by atoms with E-state index in [0.29, 0.717) is 25.7 Å². The van der Waals surface area contributed by atoms with Crippen molar-refractivity contribution in [3.05, 3.63) is 0 Å². The number of carbonyl (C=O) groups excluding carboxylic acids is 4. The first-order valence-corrected chi connectivity index (χ1v) is 49.0. The summed E-state index contributed by atoms with van der Waals surface area (Å²) in [6, 6.07) is 0. The van der Waals surface area contributed by atoms with Crippen LogP contribution in [0.2, 0.25) is 0 Å². The van der Waals surface area contributed by atoms with E-state index in [2.05, 4.69) is 41.5 Å². The summed E-state index contributed by atoms with van der Waals surface area (Å²) in [6.45, 7) is 9.79. The molecular weight excluding hydrogens is 1400 g/mol. The van der Waals surface area contributed by atoms with E-state index >= 15 is 0 Å². The highest BCUT2D eigenvalue weighted by Gasteiger charge is 2.31. The Hall–Kier alpha value is -1.94. The van der Waals surface area contributed by atoms with E-state index < -0.39 is 97.5 Å². The van der Waals surface area contributed by atoms with Crippen LogP contribution in [0.1, 0.15) is 478 Å². The molecule has 19 heteroatoms. The molecule has 17 nitrogen and oxygen atoms in total. The largest absolute Gasteiger partial charge is 0.472 e. The van der Waals surface area contributed by atoms with Crippen LogP contribution in [0, 0.1) is 11.8 Å². The smallest absolute Gasteiger partial charge is 0.462 e. The summed E-state index contributed by atoms with van der Waals surface area (Å²) in [5, 5.41) is 10.7. The van der Waals surface area contributed by atoms with Gasteiger partial charge in [-0.25, -0.2) is 9.13 Å². The molecule has 0 spiro atoms. The molecule has 0 aliphatic heterocycles. The van der Waals surface area contributed by atoms with E-state index in [0.717, 1.165) is 102 Å². The number of phosphoric ester groups is 2. The molecule has 642 valence electrons. The van der Waals surface area contributed by atoms with Crippen LogP contribution in [-0.2, 0) is 65.4 Å². The maximum absolute atomic E-state index is 13.2. The van der Waals surface area contributed by atoms with Crippen molar-refractivity contribution in [2.75, 3.05) is 39.6 Å². The first-order valence-electron chi connectivity index (χ1n) is 46.0. The number of unbranched alkanes of at least 4 members (excludes halogenated alkanes) is 57.